The fraction of sp³-hybridized carbons (Fsp3) is 0.333. The number of aryl methyl sites for hydroxylation is 1. The number of pyridine rings is 1. The zero-order chi connectivity index (χ0) is 22.1. The topological polar surface area (TPSA) is 71.5 Å². The number of rotatable bonds is 4. The van der Waals surface area contributed by atoms with Crippen molar-refractivity contribution in [3.05, 3.63) is 70.1 Å². The number of amides is 1. The first kappa shape index (κ1) is 20.7. The van der Waals surface area contributed by atoms with Crippen molar-refractivity contribution in [2.75, 3.05) is 24.5 Å². The van der Waals surface area contributed by atoms with Gasteiger partial charge in [0.05, 0.1) is 23.4 Å². The molecule has 1 aromatic carbocycles. The van der Waals surface area contributed by atoms with Gasteiger partial charge in [0.15, 0.2) is 0 Å². The molecular weight excluding hydrogens is 426 g/mol. The molecule has 7 nitrogen and oxygen atoms in total. The summed E-state index contributed by atoms with van der Waals surface area (Å²) in [6.45, 7) is 4.85. The second-order valence-electron chi connectivity index (χ2n) is 8.18. The highest BCUT2D eigenvalue weighted by molar-refractivity contribution is 6.32. The van der Waals surface area contributed by atoms with Gasteiger partial charge in [-0.25, -0.2) is 9.97 Å². The lowest BCUT2D eigenvalue weighted by Crippen LogP contribution is -2.37. The number of hydrogen-bond acceptors (Lipinski definition) is 6. The van der Waals surface area contributed by atoms with E-state index in [1.54, 1.807) is 23.2 Å². The molecule has 0 atom stereocenters. The number of hydrogen-bond donors (Lipinski definition) is 0. The van der Waals surface area contributed by atoms with Crippen LogP contribution in [0.4, 0.5) is 5.95 Å². The van der Waals surface area contributed by atoms with Gasteiger partial charge in [-0.2, -0.15) is 4.98 Å². The molecule has 0 N–H and O–H groups in total. The molecule has 0 unspecified atom stereocenters. The van der Waals surface area contributed by atoms with E-state index in [1.165, 1.54) is 0 Å². The molecule has 5 rings (SSSR count). The number of anilines is 1. The lowest BCUT2D eigenvalue weighted by molar-refractivity contribution is 0.0731. The maximum Gasteiger partial charge on any atom is 0.257 e. The maximum atomic E-state index is 13.1. The van der Waals surface area contributed by atoms with Crippen LogP contribution in [0.5, 0.6) is 11.6 Å². The van der Waals surface area contributed by atoms with E-state index in [1.807, 2.05) is 31.2 Å². The molecule has 1 fully saturated rings. The summed E-state index contributed by atoms with van der Waals surface area (Å²) < 4.78 is 6.24. The van der Waals surface area contributed by atoms with Gasteiger partial charge in [0, 0.05) is 32.3 Å². The lowest BCUT2D eigenvalue weighted by Gasteiger charge is -2.30. The molecule has 32 heavy (non-hydrogen) atoms. The monoisotopic (exact) mass is 449 g/mol. The van der Waals surface area contributed by atoms with E-state index in [9.17, 15) is 4.79 Å². The number of benzene rings is 1. The van der Waals surface area contributed by atoms with Crippen molar-refractivity contribution in [3.8, 4) is 11.6 Å². The van der Waals surface area contributed by atoms with E-state index in [0.29, 0.717) is 42.7 Å². The van der Waals surface area contributed by atoms with Crippen LogP contribution in [0.15, 0.2) is 42.6 Å². The lowest BCUT2D eigenvalue weighted by atomic mass is 10.1. The molecule has 0 spiro atoms. The molecule has 0 bridgehead atoms. The van der Waals surface area contributed by atoms with Crippen LogP contribution in [0.1, 0.15) is 40.0 Å². The Labute approximate surface area is 192 Å². The minimum Gasteiger partial charge on any atom is -0.438 e. The van der Waals surface area contributed by atoms with Crippen molar-refractivity contribution in [1.82, 2.24) is 19.9 Å². The molecule has 3 aromatic rings. The Morgan fingerprint density at radius 3 is 2.59 bits per heavy atom. The number of aromatic nitrogens is 3. The number of carbonyl (C=O) groups excluding carboxylic acids is 1. The summed E-state index contributed by atoms with van der Waals surface area (Å²) in [5.74, 6) is 1.77. The van der Waals surface area contributed by atoms with E-state index in [0.717, 1.165) is 42.8 Å². The summed E-state index contributed by atoms with van der Waals surface area (Å²) in [7, 11) is 0. The zero-order valence-electron chi connectivity index (χ0n) is 17.9. The summed E-state index contributed by atoms with van der Waals surface area (Å²) >= 11 is 6.17. The molecule has 0 saturated carbocycles. The Balaban J connectivity index is 1.49. The molecular formula is C24H24ClN5O2. The Morgan fingerprint density at radius 2 is 1.84 bits per heavy atom. The first-order chi connectivity index (χ1) is 15.6. The Morgan fingerprint density at radius 1 is 1.06 bits per heavy atom. The molecule has 4 heterocycles. The van der Waals surface area contributed by atoms with Crippen molar-refractivity contribution in [2.24, 2.45) is 0 Å². The molecule has 164 valence electrons. The highest BCUT2D eigenvalue weighted by atomic mass is 35.5. The first-order valence-corrected chi connectivity index (χ1v) is 11.3. The van der Waals surface area contributed by atoms with Crippen LogP contribution in [0.2, 0.25) is 5.15 Å². The first-order valence-electron chi connectivity index (χ1n) is 10.9. The highest BCUT2D eigenvalue weighted by Crippen LogP contribution is 2.33. The SMILES string of the molecule is Cc1ccc(Oc2nc(N3CCCC3)nc3c2CN(C(=O)c2cccnc2Cl)CC3)cc1. The van der Waals surface area contributed by atoms with Gasteiger partial charge in [-0.3, -0.25) is 4.79 Å². The van der Waals surface area contributed by atoms with Crippen LogP contribution in [-0.4, -0.2) is 45.4 Å². The molecule has 0 radical (unpaired) electrons. The Kier molecular flexibility index (Phi) is 5.66. The zero-order valence-corrected chi connectivity index (χ0v) is 18.7. The molecule has 8 heteroatoms. The second kappa shape index (κ2) is 8.74. The second-order valence-corrected chi connectivity index (χ2v) is 8.54. The van der Waals surface area contributed by atoms with Crippen molar-refractivity contribution < 1.29 is 9.53 Å². The number of carbonyl (C=O) groups is 1. The van der Waals surface area contributed by atoms with Crippen molar-refractivity contribution in [3.63, 3.8) is 0 Å². The van der Waals surface area contributed by atoms with Gasteiger partial charge in [0.1, 0.15) is 10.9 Å². The molecule has 0 aliphatic carbocycles. The fourth-order valence-corrected chi connectivity index (χ4v) is 4.32. The fourth-order valence-electron chi connectivity index (χ4n) is 4.12. The van der Waals surface area contributed by atoms with Crippen LogP contribution < -0.4 is 9.64 Å². The summed E-state index contributed by atoms with van der Waals surface area (Å²) in [5, 5.41) is 0.208. The number of halogens is 1. The predicted molar refractivity (Wildman–Crippen MR) is 122 cm³/mol. The van der Waals surface area contributed by atoms with E-state index >= 15 is 0 Å². The molecule has 1 amide bonds. The molecule has 1 saturated heterocycles. The predicted octanol–water partition coefficient (Wildman–Crippen LogP) is 4.42. The number of fused-ring (bicyclic) bond motifs is 1. The van der Waals surface area contributed by atoms with Crippen LogP contribution in [0.25, 0.3) is 0 Å². The Hall–Kier alpha value is -3.19. The molecule has 2 aromatic heterocycles. The van der Waals surface area contributed by atoms with Gasteiger partial charge in [-0.05, 0) is 44.0 Å². The van der Waals surface area contributed by atoms with Gasteiger partial charge in [0.2, 0.25) is 11.8 Å². The average molecular weight is 450 g/mol. The largest absolute Gasteiger partial charge is 0.438 e. The Bertz CT molecular complexity index is 1150. The number of ether oxygens (including phenoxy) is 1. The van der Waals surface area contributed by atoms with E-state index < -0.39 is 0 Å². The summed E-state index contributed by atoms with van der Waals surface area (Å²) in [4.78, 5) is 30.8. The number of nitrogens with zero attached hydrogens (tertiary/aromatic N) is 5. The minimum atomic E-state index is -0.154. The summed E-state index contributed by atoms with van der Waals surface area (Å²) in [6, 6.07) is 11.3. The van der Waals surface area contributed by atoms with Crippen molar-refractivity contribution in [1.29, 1.82) is 0 Å². The summed E-state index contributed by atoms with van der Waals surface area (Å²) in [6.07, 6.45) is 4.49. The van der Waals surface area contributed by atoms with Crippen LogP contribution in [0.3, 0.4) is 0 Å². The van der Waals surface area contributed by atoms with Gasteiger partial charge in [-0.1, -0.05) is 29.3 Å². The standard InChI is InChI=1S/C24H24ClN5O2/c1-16-6-8-17(9-7-16)32-22-19-15-30(23(31)18-5-4-11-26-21(18)25)14-10-20(19)27-24(28-22)29-12-2-3-13-29/h4-9,11H,2-3,10,12-15H2,1H3. The van der Waals surface area contributed by atoms with Crippen molar-refractivity contribution in [2.45, 2.75) is 32.7 Å². The summed E-state index contributed by atoms with van der Waals surface area (Å²) in [5.41, 5.74) is 3.33. The van der Waals surface area contributed by atoms with E-state index in [4.69, 9.17) is 26.3 Å². The molecule has 2 aliphatic heterocycles. The maximum absolute atomic E-state index is 13.1. The van der Waals surface area contributed by atoms with Crippen LogP contribution >= 0.6 is 11.6 Å². The third kappa shape index (κ3) is 4.12. The van der Waals surface area contributed by atoms with Gasteiger partial charge >= 0.3 is 0 Å². The normalized spacial score (nSPS) is 15.6. The van der Waals surface area contributed by atoms with Gasteiger partial charge in [0.25, 0.3) is 5.91 Å². The van der Waals surface area contributed by atoms with E-state index in [-0.39, 0.29) is 11.1 Å². The van der Waals surface area contributed by atoms with E-state index in [2.05, 4.69) is 9.88 Å². The van der Waals surface area contributed by atoms with Gasteiger partial charge < -0.3 is 14.5 Å². The van der Waals surface area contributed by atoms with Gasteiger partial charge in [-0.15, -0.1) is 0 Å². The average Bonchev–Trinajstić information content (AvgIpc) is 3.35. The highest BCUT2D eigenvalue weighted by Gasteiger charge is 2.29. The van der Waals surface area contributed by atoms with Crippen LogP contribution in [0, 0.1) is 6.92 Å². The van der Waals surface area contributed by atoms with Crippen molar-refractivity contribution >= 4 is 23.5 Å². The molecule has 2 aliphatic rings. The third-order valence-corrected chi connectivity index (χ3v) is 6.21. The third-order valence-electron chi connectivity index (χ3n) is 5.91. The quantitative estimate of drug-likeness (QED) is 0.549. The minimum absolute atomic E-state index is 0.154. The smallest absolute Gasteiger partial charge is 0.257 e. The van der Waals surface area contributed by atoms with Crippen LogP contribution in [-0.2, 0) is 13.0 Å².